The maximum atomic E-state index is 12.5. The molecule has 0 bridgehead atoms. The van der Waals surface area contributed by atoms with Crippen LogP contribution in [-0.2, 0) is 9.59 Å². The molecule has 0 heterocycles. The molecule has 0 aliphatic carbocycles. The number of aryl methyl sites for hydroxylation is 2. The van der Waals surface area contributed by atoms with Crippen molar-refractivity contribution in [2.75, 3.05) is 35.8 Å². The van der Waals surface area contributed by atoms with Crippen molar-refractivity contribution in [2.24, 2.45) is 0 Å². The number of nitrogens with zero attached hydrogens (tertiary/aromatic N) is 2. The van der Waals surface area contributed by atoms with Crippen molar-refractivity contribution >= 4 is 40.5 Å². The van der Waals surface area contributed by atoms with Crippen molar-refractivity contribution in [1.82, 2.24) is 0 Å². The van der Waals surface area contributed by atoms with Gasteiger partial charge in [0.25, 0.3) is 0 Å². The Balaban J connectivity index is 2.18. The second kappa shape index (κ2) is 8.23. The molecule has 0 saturated carbocycles. The minimum absolute atomic E-state index is 0.103. The number of carbonyl (C=O) groups is 2. The van der Waals surface area contributed by atoms with Gasteiger partial charge in [0.15, 0.2) is 0 Å². The lowest BCUT2D eigenvalue weighted by atomic mass is 10.1. The second-order valence-corrected chi connectivity index (χ2v) is 6.91. The molecular formula is C20H24ClN3O2. The van der Waals surface area contributed by atoms with Crippen LogP contribution < -0.4 is 15.1 Å². The predicted molar refractivity (Wildman–Crippen MR) is 108 cm³/mol. The maximum Gasteiger partial charge on any atom is 0.244 e. The van der Waals surface area contributed by atoms with E-state index in [1.807, 2.05) is 63.2 Å². The molecule has 5 nitrogen and oxygen atoms in total. The van der Waals surface area contributed by atoms with E-state index in [9.17, 15) is 9.59 Å². The summed E-state index contributed by atoms with van der Waals surface area (Å²) in [7, 11) is 3.90. The zero-order chi connectivity index (χ0) is 19.4. The highest BCUT2D eigenvalue weighted by atomic mass is 35.5. The summed E-state index contributed by atoms with van der Waals surface area (Å²) in [6.45, 7) is 5.13. The van der Waals surface area contributed by atoms with Crippen LogP contribution in [-0.4, -0.2) is 32.5 Å². The van der Waals surface area contributed by atoms with Crippen molar-refractivity contribution in [3.63, 3.8) is 0 Å². The average Bonchev–Trinajstić information content (AvgIpc) is 2.53. The third-order valence-electron chi connectivity index (χ3n) is 4.02. The van der Waals surface area contributed by atoms with Crippen LogP contribution in [0.15, 0.2) is 36.4 Å². The average molecular weight is 374 g/mol. The second-order valence-electron chi connectivity index (χ2n) is 6.51. The van der Waals surface area contributed by atoms with Crippen molar-refractivity contribution in [2.45, 2.75) is 20.8 Å². The Morgan fingerprint density at radius 1 is 1.08 bits per heavy atom. The summed E-state index contributed by atoms with van der Waals surface area (Å²) in [4.78, 5) is 28.0. The van der Waals surface area contributed by atoms with Gasteiger partial charge in [0.2, 0.25) is 11.8 Å². The largest absolute Gasteiger partial charge is 0.378 e. The van der Waals surface area contributed by atoms with E-state index in [-0.39, 0.29) is 18.4 Å². The molecule has 2 aromatic carbocycles. The summed E-state index contributed by atoms with van der Waals surface area (Å²) >= 11 is 6.33. The van der Waals surface area contributed by atoms with Crippen LogP contribution in [0.2, 0.25) is 5.02 Å². The number of hydrogen-bond acceptors (Lipinski definition) is 3. The Bertz CT molecular complexity index is 793. The van der Waals surface area contributed by atoms with Crippen molar-refractivity contribution in [3.05, 3.63) is 52.5 Å². The standard InChI is InChI=1S/C20H24ClN3O2/c1-13-10-14(2)20(18(21)11-13)24(15(3)25)12-19(26)22-16-6-8-17(9-7-16)23(4)5/h6-11H,12H2,1-5H3,(H,22,26). The minimum Gasteiger partial charge on any atom is -0.378 e. The lowest BCUT2D eigenvalue weighted by Crippen LogP contribution is -2.37. The first-order chi connectivity index (χ1) is 12.2. The summed E-state index contributed by atoms with van der Waals surface area (Å²) in [6, 6.07) is 11.2. The smallest absolute Gasteiger partial charge is 0.244 e. The number of halogens is 1. The van der Waals surface area contributed by atoms with Gasteiger partial charge in [0.1, 0.15) is 6.54 Å². The molecule has 138 valence electrons. The normalized spacial score (nSPS) is 10.4. The lowest BCUT2D eigenvalue weighted by Gasteiger charge is -2.24. The molecule has 0 unspecified atom stereocenters. The number of amides is 2. The van der Waals surface area contributed by atoms with Crippen LogP contribution in [0.3, 0.4) is 0 Å². The van der Waals surface area contributed by atoms with Crippen LogP contribution in [0.5, 0.6) is 0 Å². The summed E-state index contributed by atoms with van der Waals surface area (Å²) in [5.41, 5.74) is 4.15. The molecule has 0 aromatic heterocycles. The van der Waals surface area contributed by atoms with Gasteiger partial charge < -0.3 is 15.1 Å². The zero-order valence-corrected chi connectivity index (χ0v) is 16.5. The fraction of sp³-hybridized carbons (Fsp3) is 0.300. The van der Waals surface area contributed by atoms with Crippen molar-refractivity contribution < 1.29 is 9.59 Å². The molecule has 1 N–H and O–H groups in total. The number of anilines is 3. The Morgan fingerprint density at radius 3 is 2.19 bits per heavy atom. The third-order valence-corrected chi connectivity index (χ3v) is 4.31. The Kier molecular flexibility index (Phi) is 6.27. The fourth-order valence-corrected chi connectivity index (χ4v) is 3.21. The number of hydrogen-bond donors (Lipinski definition) is 1. The van der Waals surface area contributed by atoms with Gasteiger partial charge in [-0.2, -0.15) is 0 Å². The Morgan fingerprint density at radius 2 is 1.69 bits per heavy atom. The van der Waals surface area contributed by atoms with Crippen molar-refractivity contribution in [3.8, 4) is 0 Å². The molecule has 0 radical (unpaired) electrons. The highest BCUT2D eigenvalue weighted by Gasteiger charge is 2.20. The fourth-order valence-electron chi connectivity index (χ4n) is 2.78. The van der Waals surface area contributed by atoms with Crippen LogP contribution in [0, 0.1) is 13.8 Å². The predicted octanol–water partition coefficient (Wildman–Crippen LogP) is 4.01. The van der Waals surface area contributed by atoms with Gasteiger partial charge in [-0.15, -0.1) is 0 Å². The molecule has 2 aromatic rings. The van der Waals surface area contributed by atoms with Crippen LogP contribution in [0.1, 0.15) is 18.1 Å². The number of benzene rings is 2. The van der Waals surface area contributed by atoms with E-state index in [2.05, 4.69) is 5.32 Å². The highest BCUT2D eigenvalue weighted by Crippen LogP contribution is 2.31. The van der Waals surface area contributed by atoms with Gasteiger partial charge in [-0.25, -0.2) is 0 Å². The summed E-state index contributed by atoms with van der Waals surface area (Å²) in [5, 5.41) is 3.28. The summed E-state index contributed by atoms with van der Waals surface area (Å²) in [6.07, 6.45) is 0. The topological polar surface area (TPSA) is 52.7 Å². The van der Waals surface area contributed by atoms with E-state index < -0.39 is 0 Å². The highest BCUT2D eigenvalue weighted by molar-refractivity contribution is 6.34. The first kappa shape index (κ1) is 19.8. The minimum atomic E-state index is -0.283. The van der Waals surface area contributed by atoms with E-state index in [1.54, 1.807) is 6.07 Å². The van der Waals surface area contributed by atoms with Crippen LogP contribution in [0.25, 0.3) is 0 Å². The van der Waals surface area contributed by atoms with Gasteiger partial charge in [-0.05, 0) is 55.3 Å². The van der Waals surface area contributed by atoms with E-state index in [0.717, 1.165) is 16.8 Å². The van der Waals surface area contributed by atoms with Gasteiger partial charge in [0.05, 0.1) is 10.7 Å². The van der Waals surface area contributed by atoms with Gasteiger partial charge in [0, 0.05) is 32.4 Å². The van der Waals surface area contributed by atoms with Gasteiger partial charge in [-0.3, -0.25) is 9.59 Å². The van der Waals surface area contributed by atoms with E-state index in [0.29, 0.717) is 16.4 Å². The quantitative estimate of drug-likeness (QED) is 0.861. The van der Waals surface area contributed by atoms with Gasteiger partial charge >= 0.3 is 0 Å². The molecule has 0 aliphatic heterocycles. The molecule has 0 atom stereocenters. The van der Waals surface area contributed by atoms with Crippen LogP contribution >= 0.6 is 11.6 Å². The molecule has 2 rings (SSSR count). The molecule has 0 saturated heterocycles. The molecule has 0 aliphatic rings. The molecule has 6 heteroatoms. The van der Waals surface area contributed by atoms with E-state index in [4.69, 9.17) is 11.6 Å². The maximum absolute atomic E-state index is 12.5. The van der Waals surface area contributed by atoms with Gasteiger partial charge in [-0.1, -0.05) is 17.7 Å². The lowest BCUT2D eigenvalue weighted by molar-refractivity contribution is -0.120. The van der Waals surface area contributed by atoms with E-state index >= 15 is 0 Å². The third kappa shape index (κ3) is 4.76. The Labute approximate surface area is 159 Å². The molecule has 0 fully saturated rings. The molecular weight excluding hydrogens is 350 g/mol. The molecule has 26 heavy (non-hydrogen) atoms. The summed E-state index contributed by atoms with van der Waals surface area (Å²) in [5.74, 6) is -0.522. The van der Waals surface area contributed by atoms with Crippen molar-refractivity contribution in [1.29, 1.82) is 0 Å². The molecule has 2 amide bonds. The number of nitrogens with one attached hydrogen (secondary N) is 1. The number of carbonyl (C=O) groups excluding carboxylic acids is 2. The monoisotopic (exact) mass is 373 g/mol. The zero-order valence-electron chi connectivity index (χ0n) is 15.8. The SMILES string of the molecule is CC(=O)N(CC(=O)Nc1ccc(N(C)C)cc1)c1c(C)cc(C)cc1Cl. The number of rotatable bonds is 5. The summed E-state index contributed by atoms with van der Waals surface area (Å²) < 4.78 is 0. The van der Waals surface area contributed by atoms with E-state index in [1.165, 1.54) is 11.8 Å². The Hall–Kier alpha value is -2.53. The molecule has 0 spiro atoms. The van der Waals surface area contributed by atoms with Crippen LogP contribution in [0.4, 0.5) is 17.1 Å². The first-order valence-electron chi connectivity index (χ1n) is 8.31. The first-order valence-corrected chi connectivity index (χ1v) is 8.69.